The van der Waals surface area contributed by atoms with Crippen molar-refractivity contribution in [1.82, 2.24) is 4.57 Å². The predicted molar refractivity (Wildman–Crippen MR) is 97.2 cm³/mol. The van der Waals surface area contributed by atoms with Crippen molar-refractivity contribution in [3.8, 4) is 5.75 Å². The van der Waals surface area contributed by atoms with Gasteiger partial charge in [-0.3, -0.25) is 4.79 Å². The Morgan fingerprint density at radius 3 is 2.45 bits per heavy atom. The van der Waals surface area contributed by atoms with Crippen molar-refractivity contribution < 1.29 is 37.7 Å². The number of carbonyl (C=O) groups excluding carboxylic acids is 1. The number of benzene rings is 2. The Morgan fingerprint density at radius 1 is 1.10 bits per heavy atom. The third kappa shape index (κ3) is 3.66. The Hall–Kier alpha value is -3.75. The normalized spacial score (nSPS) is 11.7. The Labute approximate surface area is 162 Å². The summed E-state index contributed by atoms with van der Waals surface area (Å²) in [5.74, 6) is -7.07. The van der Waals surface area contributed by atoms with Crippen molar-refractivity contribution in [1.29, 1.82) is 0 Å². The second-order valence-electron chi connectivity index (χ2n) is 6.05. The molecule has 0 atom stereocenters. The molecule has 3 aromatic rings. The van der Waals surface area contributed by atoms with Gasteiger partial charge in [-0.1, -0.05) is 6.07 Å². The van der Waals surface area contributed by atoms with E-state index in [0.717, 1.165) is 6.07 Å². The van der Waals surface area contributed by atoms with Crippen molar-refractivity contribution in [3.63, 3.8) is 0 Å². The van der Waals surface area contributed by atoms with Crippen LogP contribution in [0.15, 0.2) is 42.6 Å². The number of carboxylic acids is 1. The summed E-state index contributed by atoms with van der Waals surface area (Å²) >= 11 is 0. The third-order valence-electron chi connectivity index (χ3n) is 4.31. The summed E-state index contributed by atoms with van der Waals surface area (Å²) in [6.45, 7) is -0.431. The summed E-state index contributed by atoms with van der Waals surface area (Å²) in [5.41, 5.74) is -0.184. The first-order valence-electron chi connectivity index (χ1n) is 8.21. The lowest BCUT2D eigenvalue weighted by Gasteiger charge is -2.09. The lowest BCUT2D eigenvalue weighted by molar-refractivity contribution is -0.146. The molecule has 0 radical (unpaired) electrons. The highest BCUT2D eigenvalue weighted by molar-refractivity contribution is 6.38. The van der Waals surface area contributed by atoms with E-state index in [2.05, 4.69) is 0 Å². The highest BCUT2D eigenvalue weighted by Gasteiger charge is 2.21. The number of aliphatic hydroxyl groups is 1. The molecule has 0 aliphatic rings. The van der Waals surface area contributed by atoms with Crippen molar-refractivity contribution in [3.05, 3.63) is 71.2 Å². The van der Waals surface area contributed by atoms with Crippen LogP contribution in [-0.2, 0) is 16.1 Å². The zero-order chi connectivity index (χ0) is 21.3. The molecule has 0 saturated heterocycles. The fraction of sp³-hybridized carbons (Fsp3) is 0.100. The van der Waals surface area contributed by atoms with Gasteiger partial charge >= 0.3 is 5.97 Å². The summed E-state index contributed by atoms with van der Waals surface area (Å²) in [6.07, 6.45) is 1.77. The number of aliphatic hydroxyl groups excluding tert-OH is 1. The zero-order valence-electron chi connectivity index (χ0n) is 14.9. The van der Waals surface area contributed by atoms with Crippen LogP contribution in [0, 0.1) is 17.5 Å². The molecule has 2 N–H and O–H groups in total. The molecule has 0 saturated carbocycles. The molecule has 0 aliphatic heterocycles. The van der Waals surface area contributed by atoms with E-state index in [9.17, 15) is 27.9 Å². The molecule has 29 heavy (non-hydrogen) atoms. The number of carboxylic acid groups (broad SMARTS) is 1. The Kier molecular flexibility index (Phi) is 5.31. The largest absolute Gasteiger partial charge is 0.507 e. The fourth-order valence-electron chi connectivity index (χ4n) is 2.96. The maximum Gasteiger partial charge on any atom is 0.376 e. The number of methoxy groups -OCH3 is 1. The topological polar surface area (TPSA) is 88.8 Å². The highest BCUT2D eigenvalue weighted by Crippen LogP contribution is 2.34. The first-order chi connectivity index (χ1) is 13.7. The molecule has 9 heteroatoms. The number of ketones is 1. The third-order valence-corrected chi connectivity index (χ3v) is 4.31. The van der Waals surface area contributed by atoms with Crippen LogP contribution in [0.5, 0.6) is 5.75 Å². The van der Waals surface area contributed by atoms with E-state index in [1.807, 2.05) is 0 Å². The van der Waals surface area contributed by atoms with Gasteiger partial charge in [0.1, 0.15) is 17.3 Å². The van der Waals surface area contributed by atoms with Crippen molar-refractivity contribution in [2.24, 2.45) is 0 Å². The summed E-state index contributed by atoms with van der Waals surface area (Å²) in [5, 5.41) is 19.3. The molecule has 0 fully saturated rings. The molecule has 0 unspecified atom stereocenters. The molecule has 3 rings (SSSR count). The number of halogens is 3. The number of ether oxygens (including phenoxy) is 1. The SMILES string of the molecule is COc1cccc2c1c(C(O)=CC(=O)C(=O)O)cn2Cc1c(F)ccc(F)c1F. The van der Waals surface area contributed by atoms with Gasteiger partial charge in [0.05, 0.1) is 24.6 Å². The van der Waals surface area contributed by atoms with E-state index < -0.39 is 47.1 Å². The lowest BCUT2D eigenvalue weighted by Crippen LogP contribution is -2.09. The number of hydrogen-bond acceptors (Lipinski definition) is 4. The van der Waals surface area contributed by atoms with Gasteiger partial charge in [-0.05, 0) is 24.3 Å². The van der Waals surface area contributed by atoms with Crippen LogP contribution in [0.2, 0.25) is 0 Å². The Morgan fingerprint density at radius 2 is 1.79 bits per heavy atom. The molecule has 2 aromatic carbocycles. The summed E-state index contributed by atoms with van der Waals surface area (Å²) in [4.78, 5) is 22.2. The summed E-state index contributed by atoms with van der Waals surface area (Å²) in [6, 6.07) is 6.16. The second kappa shape index (κ2) is 7.70. The quantitative estimate of drug-likeness (QED) is 0.283. The minimum Gasteiger partial charge on any atom is -0.507 e. The Bertz CT molecular complexity index is 1170. The van der Waals surface area contributed by atoms with Crippen LogP contribution >= 0.6 is 0 Å². The van der Waals surface area contributed by atoms with Crippen LogP contribution in [0.1, 0.15) is 11.1 Å². The number of carbonyl (C=O) groups is 2. The van der Waals surface area contributed by atoms with Crippen LogP contribution in [-0.4, -0.2) is 33.6 Å². The van der Waals surface area contributed by atoms with Gasteiger partial charge in [0.15, 0.2) is 11.6 Å². The Balaban J connectivity index is 2.22. The molecular formula is C20H14F3NO5. The van der Waals surface area contributed by atoms with Gasteiger partial charge < -0.3 is 19.5 Å². The second-order valence-corrected chi connectivity index (χ2v) is 6.05. The maximum absolute atomic E-state index is 14.1. The van der Waals surface area contributed by atoms with Gasteiger partial charge in [0.25, 0.3) is 5.78 Å². The van der Waals surface area contributed by atoms with Crippen LogP contribution in [0.4, 0.5) is 13.2 Å². The predicted octanol–water partition coefficient (Wildman–Crippen LogP) is 3.67. The number of aliphatic carboxylic acids is 1. The maximum atomic E-state index is 14.1. The number of rotatable bonds is 6. The van der Waals surface area contributed by atoms with Crippen molar-refractivity contribution >= 4 is 28.4 Å². The number of nitrogens with zero attached hydrogens (tertiary/aromatic N) is 1. The number of aromatic nitrogens is 1. The molecule has 6 nitrogen and oxygen atoms in total. The highest BCUT2D eigenvalue weighted by atomic mass is 19.2. The fourth-order valence-corrected chi connectivity index (χ4v) is 2.96. The van der Waals surface area contributed by atoms with Gasteiger partial charge in [-0.25, -0.2) is 18.0 Å². The number of hydrogen-bond donors (Lipinski definition) is 2. The first kappa shape index (κ1) is 20.0. The molecule has 0 bridgehead atoms. The van der Waals surface area contributed by atoms with Crippen LogP contribution in [0.25, 0.3) is 16.7 Å². The first-order valence-corrected chi connectivity index (χ1v) is 8.21. The van der Waals surface area contributed by atoms with E-state index in [0.29, 0.717) is 17.7 Å². The summed E-state index contributed by atoms with van der Waals surface area (Å²) < 4.78 is 48.3. The van der Waals surface area contributed by atoms with Crippen LogP contribution in [0.3, 0.4) is 0 Å². The molecular weight excluding hydrogens is 391 g/mol. The van der Waals surface area contributed by atoms with E-state index in [1.54, 1.807) is 18.2 Å². The van der Waals surface area contributed by atoms with E-state index in [-0.39, 0.29) is 16.7 Å². The van der Waals surface area contributed by atoms with Gasteiger partial charge in [0, 0.05) is 23.4 Å². The van der Waals surface area contributed by atoms with E-state index in [1.165, 1.54) is 17.9 Å². The van der Waals surface area contributed by atoms with E-state index >= 15 is 0 Å². The van der Waals surface area contributed by atoms with Crippen LogP contribution < -0.4 is 4.74 Å². The summed E-state index contributed by atoms with van der Waals surface area (Å²) in [7, 11) is 1.35. The average molecular weight is 405 g/mol. The molecule has 0 aliphatic carbocycles. The molecule has 1 aromatic heterocycles. The monoisotopic (exact) mass is 405 g/mol. The van der Waals surface area contributed by atoms with E-state index in [4.69, 9.17) is 9.84 Å². The van der Waals surface area contributed by atoms with Gasteiger partial charge in [-0.2, -0.15) is 0 Å². The molecule has 0 spiro atoms. The minimum absolute atomic E-state index is 0.00395. The standard InChI is InChI=1S/C20H14F3NO5/c1-29-17-4-2-3-14-18(17)11(15(25)7-16(26)20(27)28)9-24(14)8-10-12(21)5-6-13(22)19(10)23/h2-7,9,25H,8H2,1H3,(H,27,28). The van der Waals surface area contributed by atoms with Gasteiger partial charge in [-0.15, -0.1) is 0 Å². The smallest absolute Gasteiger partial charge is 0.376 e. The number of fused-ring (bicyclic) bond motifs is 1. The molecule has 1 heterocycles. The lowest BCUT2D eigenvalue weighted by atomic mass is 10.1. The molecule has 0 amide bonds. The zero-order valence-corrected chi connectivity index (χ0v) is 14.9. The minimum atomic E-state index is -1.77. The van der Waals surface area contributed by atoms with Crippen molar-refractivity contribution in [2.45, 2.75) is 6.54 Å². The van der Waals surface area contributed by atoms with Crippen molar-refractivity contribution in [2.75, 3.05) is 7.11 Å². The molecule has 150 valence electrons. The average Bonchev–Trinajstić information content (AvgIpc) is 3.07. The van der Waals surface area contributed by atoms with Gasteiger partial charge in [0.2, 0.25) is 0 Å².